The third kappa shape index (κ3) is 5.00. The number of carbonyl (C=O) groups is 2. The first-order valence-electron chi connectivity index (χ1n) is 11.3. The van der Waals surface area contributed by atoms with Crippen LogP contribution in [0.25, 0.3) is 44.5 Å². The highest BCUT2D eigenvalue weighted by Crippen LogP contribution is 2.29. The number of ether oxygens (including phenoxy) is 1. The number of hydrazine groups is 1. The standard InChI is InChI=1S/C27H22N6O4/c1-29-27(35)36-15-20-12-25(33-37-20)19-8-4-17(5-9-19)16-2-6-18(7-3-16)24-13-21(26(34)32-28)22-14-30-11-10-23(22)31-24/h2-14H,15,28H2,1H3,(H,29,35)(H,32,34). The first-order valence-corrected chi connectivity index (χ1v) is 11.3. The van der Waals surface area contributed by atoms with Crippen molar-refractivity contribution < 1.29 is 18.8 Å². The van der Waals surface area contributed by atoms with Crippen LogP contribution in [-0.2, 0) is 11.3 Å². The van der Waals surface area contributed by atoms with Crippen LogP contribution < -0.4 is 16.6 Å². The molecule has 0 unspecified atom stereocenters. The average molecular weight is 495 g/mol. The third-order valence-electron chi connectivity index (χ3n) is 5.79. The van der Waals surface area contributed by atoms with E-state index in [1.165, 1.54) is 7.05 Å². The van der Waals surface area contributed by atoms with Gasteiger partial charge in [0.2, 0.25) is 0 Å². The number of amides is 2. The van der Waals surface area contributed by atoms with Gasteiger partial charge in [0.1, 0.15) is 5.69 Å². The number of aromatic nitrogens is 3. The van der Waals surface area contributed by atoms with Gasteiger partial charge in [-0.2, -0.15) is 0 Å². The molecule has 37 heavy (non-hydrogen) atoms. The highest BCUT2D eigenvalue weighted by atomic mass is 16.6. The van der Waals surface area contributed by atoms with Crippen LogP contribution in [0.15, 0.2) is 83.6 Å². The summed E-state index contributed by atoms with van der Waals surface area (Å²) in [4.78, 5) is 32.3. The molecule has 5 rings (SSSR count). The van der Waals surface area contributed by atoms with Crippen LogP contribution in [0.3, 0.4) is 0 Å². The van der Waals surface area contributed by atoms with Gasteiger partial charge in [-0.25, -0.2) is 15.6 Å². The number of alkyl carbamates (subject to hydrolysis) is 1. The molecule has 0 radical (unpaired) electrons. The molecule has 4 N–H and O–H groups in total. The van der Waals surface area contributed by atoms with Gasteiger partial charge in [-0.15, -0.1) is 0 Å². The highest BCUT2D eigenvalue weighted by molar-refractivity contribution is 6.06. The molecule has 2 aromatic carbocycles. The van der Waals surface area contributed by atoms with Crippen molar-refractivity contribution in [1.82, 2.24) is 25.9 Å². The van der Waals surface area contributed by atoms with Gasteiger partial charge >= 0.3 is 6.09 Å². The Kier molecular flexibility index (Phi) is 6.56. The molecule has 0 aliphatic heterocycles. The van der Waals surface area contributed by atoms with E-state index in [9.17, 15) is 9.59 Å². The number of benzene rings is 2. The van der Waals surface area contributed by atoms with Gasteiger partial charge in [-0.1, -0.05) is 53.7 Å². The number of pyridine rings is 2. The molecular weight excluding hydrogens is 472 g/mol. The van der Waals surface area contributed by atoms with Crippen LogP contribution >= 0.6 is 0 Å². The molecule has 10 nitrogen and oxygen atoms in total. The van der Waals surface area contributed by atoms with E-state index >= 15 is 0 Å². The Morgan fingerprint density at radius 3 is 2.22 bits per heavy atom. The van der Waals surface area contributed by atoms with Crippen LogP contribution in [0.2, 0.25) is 0 Å². The number of nitrogens with two attached hydrogens (primary N) is 1. The van der Waals surface area contributed by atoms with Gasteiger partial charge in [0, 0.05) is 42.0 Å². The van der Waals surface area contributed by atoms with Gasteiger partial charge in [0.05, 0.1) is 16.8 Å². The monoisotopic (exact) mass is 494 g/mol. The summed E-state index contributed by atoms with van der Waals surface area (Å²) in [5.41, 5.74) is 8.31. The molecular formula is C27H22N6O4. The predicted octanol–water partition coefficient (Wildman–Crippen LogP) is 4.08. The first kappa shape index (κ1) is 23.6. The topological polar surface area (TPSA) is 145 Å². The van der Waals surface area contributed by atoms with E-state index in [0.29, 0.717) is 33.6 Å². The zero-order valence-electron chi connectivity index (χ0n) is 19.8. The van der Waals surface area contributed by atoms with E-state index < -0.39 is 12.0 Å². The van der Waals surface area contributed by atoms with Crippen LogP contribution in [-0.4, -0.2) is 34.2 Å². The van der Waals surface area contributed by atoms with Crippen molar-refractivity contribution in [2.75, 3.05) is 7.05 Å². The number of rotatable bonds is 6. The van der Waals surface area contributed by atoms with Crippen molar-refractivity contribution >= 4 is 22.9 Å². The summed E-state index contributed by atoms with van der Waals surface area (Å²) in [6, 6.07) is 21.0. The van der Waals surface area contributed by atoms with E-state index in [4.69, 9.17) is 20.1 Å². The van der Waals surface area contributed by atoms with Crippen molar-refractivity contribution in [2.45, 2.75) is 6.61 Å². The maximum Gasteiger partial charge on any atom is 0.407 e. The zero-order valence-corrected chi connectivity index (χ0v) is 19.8. The number of nitrogen functional groups attached to an aromatic ring is 1. The molecule has 3 aromatic heterocycles. The highest BCUT2D eigenvalue weighted by Gasteiger charge is 2.14. The van der Waals surface area contributed by atoms with Crippen molar-refractivity contribution in [1.29, 1.82) is 0 Å². The van der Waals surface area contributed by atoms with Gasteiger partial charge in [-0.05, 0) is 23.3 Å². The minimum atomic E-state index is -0.538. The molecule has 2 amide bonds. The van der Waals surface area contributed by atoms with E-state index in [0.717, 1.165) is 22.3 Å². The zero-order chi connectivity index (χ0) is 25.8. The van der Waals surface area contributed by atoms with Gasteiger partial charge in [0.25, 0.3) is 5.91 Å². The molecule has 0 aliphatic rings. The molecule has 0 spiro atoms. The second kappa shape index (κ2) is 10.3. The third-order valence-corrected chi connectivity index (χ3v) is 5.79. The first-order chi connectivity index (χ1) is 18.1. The van der Waals surface area contributed by atoms with Crippen LogP contribution in [0.5, 0.6) is 0 Å². The summed E-state index contributed by atoms with van der Waals surface area (Å²) in [5.74, 6) is 5.42. The summed E-state index contributed by atoms with van der Waals surface area (Å²) in [5, 5.41) is 7.05. The Bertz CT molecular complexity index is 1580. The van der Waals surface area contributed by atoms with E-state index in [2.05, 4.69) is 20.9 Å². The maximum atomic E-state index is 12.3. The molecule has 10 heteroatoms. The Balaban J connectivity index is 1.36. The summed E-state index contributed by atoms with van der Waals surface area (Å²) < 4.78 is 10.2. The van der Waals surface area contributed by atoms with E-state index in [1.807, 2.05) is 48.5 Å². The van der Waals surface area contributed by atoms with Crippen LogP contribution in [0.4, 0.5) is 4.79 Å². The molecule has 0 saturated carbocycles. The number of nitrogens with one attached hydrogen (secondary N) is 2. The lowest BCUT2D eigenvalue weighted by molar-refractivity contribution is 0.0955. The lowest BCUT2D eigenvalue weighted by atomic mass is 9.99. The second-order valence-corrected chi connectivity index (χ2v) is 8.08. The van der Waals surface area contributed by atoms with Crippen molar-refractivity contribution in [3.05, 3.63) is 90.4 Å². The SMILES string of the molecule is CNC(=O)OCc1cc(-c2ccc(-c3ccc(-c4cc(C(=O)NN)c5cnccc5n4)cc3)cc2)no1. The number of hydrogen-bond donors (Lipinski definition) is 3. The molecule has 5 aromatic rings. The summed E-state index contributed by atoms with van der Waals surface area (Å²) in [7, 11) is 1.49. The minimum absolute atomic E-state index is 0.00154. The van der Waals surface area contributed by atoms with E-state index in [-0.39, 0.29) is 6.61 Å². The molecule has 0 aliphatic carbocycles. The van der Waals surface area contributed by atoms with Crippen molar-refractivity contribution in [3.8, 4) is 33.6 Å². The second-order valence-electron chi connectivity index (χ2n) is 8.08. The molecule has 0 atom stereocenters. The van der Waals surface area contributed by atoms with E-state index in [1.54, 1.807) is 30.6 Å². The minimum Gasteiger partial charge on any atom is -0.441 e. The molecule has 0 fully saturated rings. The molecule has 3 heterocycles. The smallest absolute Gasteiger partial charge is 0.407 e. The fraction of sp³-hybridized carbons (Fsp3) is 0.0741. The molecule has 0 saturated heterocycles. The summed E-state index contributed by atoms with van der Waals surface area (Å²) >= 11 is 0. The largest absolute Gasteiger partial charge is 0.441 e. The normalized spacial score (nSPS) is 10.8. The predicted molar refractivity (Wildman–Crippen MR) is 137 cm³/mol. The van der Waals surface area contributed by atoms with Gasteiger partial charge in [0.15, 0.2) is 12.4 Å². The number of carbonyl (C=O) groups excluding carboxylic acids is 2. The Labute approximate surface area is 211 Å². The molecule has 0 bridgehead atoms. The Hall–Kier alpha value is -5.09. The van der Waals surface area contributed by atoms with Crippen LogP contribution in [0.1, 0.15) is 16.1 Å². The quantitative estimate of drug-likeness (QED) is 0.182. The van der Waals surface area contributed by atoms with Gasteiger partial charge in [-0.3, -0.25) is 15.2 Å². The lowest BCUT2D eigenvalue weighted by Crippen LogP contribution is -2.30. The van der Waals surface area contributed by atoms with Crippen molar-refractivity contribution in [2.24, 2.45) is 5.84 Å². The fourth-order valence-corrected chi connectivity index (χ4v) is 3.87. The Morgan fingerprint density at radius 2 is 1.57 bits per heavy atom. The van der Waals surface area contributed by atoms with Crippen molar-refractivity contribution in [3.63, 3.8) is 0 Å². The fourth-order valence-electron chi connectivity index (χ4n) is 3.87. The maximum absolute atomic E-state index is 12.3. The number of fused-ring (bicyclic) bond motifs is 1. The lowest BCUT2D eigenvalue weighted by Gasteiger charge is -2.09. The number of nitrogens with zero attached hydrogens (tertiary/aromatic N) is 3. The number of hydrogen-bond acceptors (Lipinski definition) is 8. The average Bonchev–Trinajstić information content (AvgIpc) is 3.44. The summed E-state index contributed by atoms with van der Waals surface area (Å²) in [6.45, 7) is -0.00154. The van der Waals surface area contributed by atoms with Gasteiger partial charge < -0.3 is 14.6 Å². The van der Waals surface area contributed by atoms with Crippen LogP contribution in [0, 0.1) is 0 Å². The molecule has 184 valence electrons. The summed E-state index contributed by atoms with van der Waals surface area (Å²) in [6.07, 6.45) is 2.69. The Morgan fingerprint density at radius 1 is 0.919 bits per heavy atom.